The van der Waals surface area contributed by atoms with Gasteiger partial charge in [0, 0.05) is 11.8 Å². The molecule has 1 aromatic carbocycles. The van der Waals surface area contributed by atoms with E-state index >= 15 is 0 Å². The minimum Gasteiger partial charge on any atom is -0.387 e. The number of pyridine rings is 1. The second kappa shape index (κ2) is 5.89. The smallest absolute Gasteiger partial charge is 0.0957 e. The maximum absolute atomic E-state index is 9.76. The normalized spacial score (nSPS) is 12.3. The van der Waals surface area contributed by atoms with Crippen LogP contribution in [0.4, 0.5) is 0 Å². The number of rotatable bonds is 4. The average Bonchev–Trinajstić information content (AvgIpc) is 3.05. The first-order valence-electron chi connectivity index (χ1n) is 7.02. The predicted molar refractivity (Wildman–Crippen MR) is 82.0 cm³/mol. The second-order valence-electron chi connectivity index (χ2n) is 4.90. The van der Waals surface area contributed by atoms with E-state index in [1.807, 2.05) is 49.6 Å². The van der Waals surface area contributed by atoms with Gasteiger partial charge in [-0.15, -0.1) is 0 Å². The van der Waals surface area contributed by atoms with Gasteiger partial charge in [-0.2, -0.15) is 5.10 Å². The van der Waals surface area contributed by atoms with E-state index in [9.17, 15) is 5.11 Å². The first-order valence-corrected chi connectivity index (χ1v) is 7.02. The summed E-state index contributed by atoms with van der Waals surface area (Å²) in [7, 11) is 0. The van der Waals surface area contributed by atoms with Crippen LogP contribution in [0.25, 0.3) is 16.8 Å². The van der Waals surface area contributed by atoms with Gasteiger partial charge >= 0.3 is 0 Å². The summed E-state index contributed by atoms with van der Waals surface area (Å²) in [6, 6.07) is 13.9. The van der Waals surface area contributed by atoms with Gasteiger partial charge in [-0.25, -0.2) is 4.68 Å². The van der Waals surface area contributed by atoms with E-state index < -0.39 is 6.10 Å². The quantitative estimate of drug-likeness (QED) is 0.796. The van der Waals surface area contributed by atoms with Crippen molar-refractivity contribution < 1.29 is 5.11 Å². The molecule has 0 aliphatic carbocycles. The summed E-state index contributed by atoms with van der Waals surface area (Å²) in [4.78, 5) is 4.30. The topological polar surface area (TPSA) is 50.9 Å². The van der Waals surface area contributed by atoms with Crippen molar-refractivity contribution in [2.24, 2.45) is 0 Å². The monoisotopic (exact) mass is 279 g/mol. The van der Waals surface area contributed by atoms with E-state index in [0.29, 0.717) is 12.1 Å². The van der Waals surface area contributed by atoms with Crippen molar-refractivity contribution in [1.29, 1.82) is 0 Å². The highest BCUT2D eigenvalue weighted by Crippen LogP contribution is 2.20. The zero-order chi connectivity index (χ0) is 14.7. The van der Waals surface area contributed by atoms with Crippen LogP contribution in [0, 0.1) is 0 Å². The SMILES string of the molecule is CC[C@H](O)c1ccc(-n2cc(-c3ccccc3)cn2)cn1. The third-order valence-corrected chi connectivity index (χ3v) is 3.45. The van der Waals surface area contributed by atoms with E-state index in [4.69, 9.17) is 0 Å². The Hall–Kier alpha value is -2.46. The molecule has 0 aliphatic heterocycles. The summed E-state index contributed by atoms with van der Waals surface area (Å²) < 4.78 is 1.79. The van der Waals surface area contributed by atoms with Gasteiger partial charge in [0.2, 0.25) is 0 Å². The van der Waals surface area contributed by atoms with Crippen LogP contribution in [-0.2, 0) is 0 Å². The lowest BCUT2D eigenvalue weighted by Gasteiger charge is -2.07. The molecule has 0 saturated carbocycles. The fourth-order valence-corrected chi connectivity index (χ4v) is 2.18. The highest BCUT2D eigenvalue weighted by Gasteiger charge is 2.07. The lowest BCUT2D eigenvalue weighted by molar-refractivity contribution is 0.169. The molecule has 3 rings (SSSR count). The van der Waals surface area contributed by atoms with Gasteiger partial charge in [0.1, 0.15) is 0 Å². The van der Waals surface area contributed by atoms with E-state index in [1.54, 1.807) is 10.9 Å². The van der Waals surface area contributed by atoms with Crippen LogP contribution in [0.2, 0.25) is 0 Å². The van der Waals surface area contributed by atoms with Crippen molar-refractivity contribution in [2.45, 2.75) is 19.4 Å². The summed E-state index contributed by atoms with van der Waals surface area (Å²) in [5.74, 6) is 0. The molecule has 4 nitrogen and oxygen atoms in total. The number of aliphatic hydroxyl groups is 1. The van der Waals surface area contributed by atoms with Crippen LogP contribution in [-0.4, -0.2) is 19.9 Å². The van der Waals surface area contributed by atoms with Crippen molar-refractivity contribution in [3.05, 3.63) is 66.7 Å². The maximum Gasteiger partial charge on any atom is 0.0957 e. The summed E-state index contributed by atoms with van der Waals surface area (Å²) in [5.41, 5.74) is 3.77. The molecule has 0 radical (unpaired) electrons. The standard InChI is InChI=1S/C17H17N3O/c1-2-17(21)16-9-8-15(11-18-16)20-12-14(10-19-20)13-6-4-3-5-7-13/h3-12,17,21H,2H2,1H3/t17-/m0/s1. The summed E-state index contributed by atoms with van der Waals surface area (Å²) in [5, 5.41) is 14.1. The lowest BCUT2D eigenvalue weighted by Crippen LogP contribution is -2.01. The predicted octanol–water partition coefficient (Wildman–Crippen LogP) is 3.38. The van der Waals surface area contributed by atoms with Crippen LogP contribution in [0.1, 0.15) is 25.1 Å². The van der Waals surface area contributed by atoms with Gasteiger partial charge in [-0.1, -0.05) is 37.3 Å². The molecule has 106 valence electrons. The van der Waals surface area contributed by atoms with Gasteiger partial charge in [-0.3, -0.25) is 4.98 Å². The Morgan fingerprint density at radius 2 is 1.86 bits per heavy atom. The largest absolute Gasteiger partial charge is 0.387 e. The molecule has 0 saturated heterocycles. The van der Waals surface area contributed by atoms with Crippen LogP contribution in [0.5, 0.6) is 0 Å². The molecule has 4 heteroatoms. The Morgan fingerprint density at radius 3 is 2.52 bits per heavy atom. The Labute approximate surface area is 123 Å². The molecule has 0 spiro atoms. The molecule has 3 aromatic rings. The van der Waals surface area contributed by atoms with E-state index in [1.165, 1.54) is 0 Å². The Morgan fingerprint density at radius 1 is 1.05 bits per heavy atom. The van der Waals surface area contributed by atoms with Gasteiger partial charge in [0.15, 0.2) is 0 Å². The van der Waals surface area contributed by atoms with Gasteiger partial charge in [-0.05, 0) is 24.1 Å². The highest BCUT2D eigenvalue weighted by molar-refractivity contribution is 5.61. The first kappa shape index (κ1) is 13.5. The minimum atomic E-state index is -0.503. The Balaban J connectivity index is 1.86. The molecule has 0 unspecified atom stereocenters. The van der Waals surface area contributed by atoms with Crippen LogP contribution >= 0.6 is 0 Å². The molecular formula is C17H17N3O. The summed E-state index contributed by atoms with van der Waals surface area (Å²) >= 11 is 0. The summed E-state index contributed by atoms with van der Waals surface area (Å²) in [6.45, 7) is 1.93. The van der Waals surface area contributed by atoms with E-state index in [2.05, 4.69) is 22.2 Å². The third kappa shape index (κ3) is 2.85. The zero-order valence-corrected chi connectivity index (χ0v) is 11.8. The third-order valence-electron chi connectivity index (χ3n) is 3.45. The average molecular weight is 279 g/mol. The Bertz CT molecular complexity index is 704. The molecule has 2 aromatic heterocycles. The molecule has 0 amide bonds. The van der Waals surface area contributed by atoms with Crippen LogP contribution in [0.3, 0.4) is 0 Å². The second-order valence-corrected chi connectivity index (χ2v) is 4.90. The number of nitrogens with zero attached hydrogens (tertiary/aromatic N) is 3. The van der Waals surface area contributed by atoms with Crippen LogP contribution < -0.4 is 0 Å². The van der Waals surface area contributed by atoms with Gasteiger partial charge in [0.25, 0.3) is 0 Å². The molecule has 1 N–H and O–H groups in total. The Kier molecular flexibility index (Phi) is 3.79. The van der Waals surface area contributed by atoms with Crippen molar-refractivity contribution >= 4 is 0 Å². The molecule has 0 aliphatic rings. The fourth-order valence-electron chi connectivity index (χ4n) is 2.18. The molecular weight excluding hydrogens is 262 g/mol. The zero-order valence-electron chi connectivity index (χ0n) is 11.8. The van der Waals surface area contributed by atoms with E-state index in [-0.39, 0.29) is 0 Å². The highest BCUT2D eigenvalue weighted by atomic mass is 16.3. The molecule has 1 atom stereocenters. The van der Waals surface area contributed by atoms with Crippen molar-refractivity contribution in [2.75, 3.05) is 0 Å². The van der Waals surface area contributed by atoms with Gasteiger partial charge in [0.05, 0.1) is 29.9 Å². The van der Waals surface area contributed by atoms with Crippen molar-refractivity contribution in [1.82, 2.24) is 14.8 Å². The number of hydrogen-bond acceptors (Lipinski definition) is 3. The summed E-state index contributed by atoms with van der Waals surface area (Å²) in [6.07, 6.45) is 5.70. The molecule has 0 fully saturated rings. The number of aliphatic hydroxyl groups excluding tert-OH is 1. The fraction of sp³-hybridized carbons (Fsp3) is 0.176. The van der Waals surface area contributed by atoms with Crippen molar-refractivity contribution in [3.8, 4) is 16.8 Å². The molecule has 2 heterocycles. The number of benzene rings is 1. The number of hydrogen-bond donors (Lipinski definition) is 1. The first-order chi connectivity index (χ1) is 10.3. The lowest BCUT2D eigenvalue weighted by atomic mass is 10.1. The van der Waals surface area contributed by atoms with Gasteiger partial charge < -0.3 is 5.11 Å². The maximum atomic E-state index is 9.76. The minimum absolute atomic E-state index is 0.503. The van der Waals surface area contributed by atoms with Crippen LogP contribution in [0.15, 0.2) is 61.1 Å². The van der Waals surface area contributed by atoms with Crippen molar-refractivity contribution in [3.63, 3.8) is 0 Å². The van der Waals surface area contributed by atoms with E-state index in [0.717, 1.165) is 16.8 Å². The molecule has 0 bridgehead atoms. The molecule has 21 heavy (non-hydrogen) atoms. The number of aromatic nitrogens is 3.